The summed E-state index contributed by atoms with van der Waals surface area (Å²) < 4.78 is 5.28. The van der Waals surface area contributed by atoms with E-state index < -0.39 is 11.5 Å². The molecule has 3 aromatic rings. The van der Waals surface area contributed by atoms with Crippen molar-refractivity contribution in [1.29, 1.82) is 0 Å². The van der Waals surface area contributed by atoms with Crippen LogP contribution in [0.5, 0.6) is 0 Å². The molecule has 4 heteroatoms. The number of nitrogens with two attached hydrogens (primary N) is 1. The van der Waals surface area contributed by atoms with E-state index in [-0.39, 0.29) is 0 Å². The summed E-state index contributed by atoms with van der Waals surface area (Å²) in [6.07, 6.45) is 0. The van der Waals surface area contributed by atoms with Gasteiger partial charge in [0.05, 0.1) is 5.56 Å². The first-order valence-corrected chi connectivity index (χ1v) is 6.08. The number of carbonyl (C=O) groups excluding carboxylic acids is 1. The molecule has 0 radical (unpaired) electrons. The third kappa shape index (κ3) is 2.07. The van der Waals surface area contributed by atoms with E-state index in [1.165, 1.54) is 0 Å². The second kappa shape index (κ2) is 4.66. The molecule has 0 saturated heterocycles. The topological polar surface area (TPSA) is 73.3 Å². The Labute approximate surface area is 114 Å². The van der Waals surface area contributed by atoms with Crippen LogP contribution in [0.1, 0.15) is 10.4 Å². The average molecular weight is 265 g/mol. The molecule has 2 N–H and O–H groups in total. The third-order valence-corrected chi connectivity index (χ3v) is 3.12. The molecular weight excluding hydrogens is 254 g/mol. The van der Waals surface area contributed by atoms with E-state index in [4.69, 9.17) is 10.2 Å². The van der Waals surface area contributed by atoms with Crippen LogP contribution in [-0.2, 0) is 0 Å². The predicted octanol–water partition coefficient (Wildman–Crippen LogP) is 2.56. The van der Waals surface area contributed by atoms with Gasteiger partial charge in [-0.2, -0.15) is 0 Å². The number of benzene rings is 2. The predicted molar refractivity (Wildman–Crippen MR) is 76.4 cm³/mol. The second-order valence-corrected chi connectivity index (χ2v) is 4.43. The molecule has 1 amide bonds. The SMILES string of the molecule is NC(=O)c1ccc(-c2cc3ccccc3oc2=O)cc1. The second-order valence-electron chi connectivity index (χ2n) is 4.43. The van der Waals surface area contributed by atoms with Crippen molar-refractivity contribution in [3.63, 3.8) is 0 Å². The molecule has 20 heavy (non-hydrogen) atoms. The number of rotatable bonds is 2. The summed E-state index contributed by atoms with van der Waals surface area (Å²) in [4.78, 5) is 23.0. The van der Waals surface area contributed by atoms with Gasteiger partial charge in [0.2, 0.25) is 5.91 Å². The molecule has 0 aliphatic rings. The highest BCUT2D eigenvalue weighted by molar-refractivity contribution is 5.93. The monoisotopic (exact) mass is 265 g/mol. The maximum Gasteiger partial charge on any atom is 0.344 e. The van der Waals surface area contributed by atoms with Crippen LogP contribution in [0, 0.1) is 0 Å². The van der Waals surface area contributed by atoms with Crippen molar-refractivity contribution in [2.24, 2.45) is 5.73 Å². The lowest BCUT2D eigenvalue weighted by Crippen LogP contribution is -2.10. The Balaban J connectivity index is 2.16. The van der Waals surface area contributed by atoms with Crippen LogP contribution in [0.25, 0.3) is 22.1 Å². The Morgan fingerprint density at radius 3 is 2.40 bits per heavy atom. The van der Waals surface area contributed by atoms with Crippen molar-refractivity contribution < 1.29 is 9.21 Å². The van der Waals surface area contributed by atoms with E-state index in [0.29, 0.717) is 22.3 Å². The lowest BCUT2D eigenvalue weighted by atomic mass is 10.0. The Hall–Kier alpha value is -2.88. The number of primary amides is 1. The molecule has 1 heterocycles. The largest absolute Gasteiger partial charge is 0.422 e. The number of hydrogen-bond acceptors (Lipinski definition) is 3. The molecule has 98 valence electrons. The molecule has 3 rings (SSSR count). The van der Waals surface area contributed by atoms with E-state index in [1.54, 1.807) is 36.4 Å². The van der Waals surface area contributed by atoms with Gasteiger partial charge < -0.3 is 10.2 Å². The van der Waals surface area contributed by atoms with Crippen LogP contribution in [0.15, 0.2) is 63.8 Å². The highest BCUT2D eigenvalue weighted by atomic mass is 16.4. The first-order valence-electron chi connectivity index (χ1n) is 6.08. The van der Waals surface area contributed by atoms with Gasteiger partial charge in [0.1, 0.15) is 5.58 Å². The molecule has 0 bridgehead atoms. The number of hydrogen-bond donors (Lipinski definition) is 1. The van der Waals surface area contributed by atoms with Crippen molar-refractivity contribution in [2.45, 2.75) is 0 Å². The minimum atomic E-state index is -0.498. The van der Waals surface area contributed by atoms with E-state index in [1.807, 2.05) is 18.2 Å². The smallest absolute Gasteiger partial charge is 0.344 e. The van der Waals surface area contributed by atoms with Crippen LogP contribution in [0.2, 0.25) is 0 Å². The van der Waals surface area contributed by atoms with Gasteiger partial charge in [-0.05, 0) is 29.8 Å². The lowest BCUT2D eigenvalue weighted by molar-refractivity contribution is 0.100. The maximum atomic E-state index is 12.0. The highest BCUT2D eigenvalue weighted by Gasteiger charge is 2.08. The molecular formula is C16H11NO3. The van der Waals surface area contributed by atoms with Gasteiger partial charge in [0.15, 0.2) is 0 Å². The Morgan fingerprint density at radius 2 is 1.70 bits per heavy atom. The summed E-state index contributed by atoms with van der Waals surface area (Å²) in [6, 6.07) is 15.6. The molecule has 0 atom stereocenters. The summed E-state index contributed by atoms with van der Waals surface area (Å²) in [5.74, 6) is -0.498. The number of amides is 1. The van der Waals surface area contributed by atoms with Gasteiger partial charge in [0, 0.05) is 10.9 Å². The van der Waals surface area contributed by atoms with Gasteiger partial charge in [-0.15, -0.1) is 0 Å². The minimum Gasteiger partial charge on any atom is -0.422 e. The standard InChI is InChI=1S/C16H11NO3/c17-15(18)11-7-5-10(6-8-11)13-9-12-3-1-2-4-14(12)20-16(13)19/h1-9H,(H2,17,18). The normalized spacial score (nSPS) is 10.6. The van der Waals surface area contributed by atoms with E-state index in [2.05, 4.69) is 0 Å². The lowest BCUT2D eigenvalue weighted by Gasteiger charge is -2.03. The van der Waals surface area contributed by atoms with Crippen molar-refractivity contribution in [3.8, 4) is 11.1 Å². The summed E-state index contributed by atoms with van der Waals surface area (Å²) in [6.45, 7) is 0. The van der Waals surface area contributed by atoms with Crippen LogP contribution in [-0.4, -0.2) is 5.91 Å². The number of carbonyl (C=O) groups is 1. The molecule has 0 aliphatic carbocycles. The summed E-state index contributed by atoms with van der Waals surface area (Å²) in [7, 11) is 0. The molecule has 0 unspecified atom stereocenters. The minimum absolute atomic E-state index is 0.402. The van der Waals surface area contributed by atoms with Crippen LogP contribution in [0.3, 0.4) is 0 Å². The fraction of sp³-hybridized carbons (Fsp3) is 0. The molecule has 0 fully saturated rings. The van der Waals surface area contributed by atoms with Crippen molar-refractivity contribution in [3.05, 3.63) is 70.6 Å². The maximum absolute atomic E-state index is 12.0. The zero-order valence-corrected chi connectivity index (χ0v) is 10.5. The van der Waals surface area contributed by atoms with E-state index in [0.717, 1.165) is 5.39 Å². The van der Waals surface area contributed by atoms with Crippen molar-refractivity contribution in [1.82, 2.24) is 0 Å². The molecule has 0 spiro atoms. The molecule has 1 aromatic heterocycles. The highest BCUT2D eigenvalue weighted by Crippen LogP contribution is 2.21. The summed E-state index contributed by atoms with van der Waals surface area (Å²) in [5.41, 5.74) is 6.88. The zero-order chi connectivity index (χ0) is 14.1. The van der Waals surface area contributed by atoms with E-state index >= 15 is 0 Å². The van der Waals surface area contributed by atoms with E-state index in [9.17, 15) is 9.59 Å². The fourth-order valence-electron chi connectivity index (χ4n) is 2.08. The average Bonchev–Trinajstić information content (AvgIpc) is 2.46. The van der Waals surface area contributed by atoms with Crippen LogP contribution >= 0.6 is 0 Å². The summed E-state index contributed by atoms with van der Waals surface area (Å²) >= 11 is 0. The van der Waals surface area contributed by atoms with Crippen LogP contribution in [0.4, 0.5) is 0 Å². The van der Waals surface area contributed by atoms with Crippen molar-refractivity contribution >= 4 is 16.9 Å². The van der Waals surface area contributed by atoms with Gasteiger partial charge in [-0.1, -0.05) is 30.3 Å². The summed E-state index contributed by atoms with van der Waals surface area (Å²) in [5, 5.41) is 0.848. The Bertz CT molecular complexity index is 847. The molecule has 0 aliphatic heterocycles. The van der Waals surface area contributed by atoms with Gasteiger partial charge in [-0.3, -0.25) is 4.79 Å². The van der Waals surface area contributed by atoms with Crippen molar-refractivity contribution in [2.75, 3.05) is 0 Å². The quantitative estimate of drug-likeness (QED) is 0.724. The van der Waals surface area contributed by atoms with Gasteiger partial charge in [-0.25, -0.2) is 4.79 Å². The Morgan fingerprint density at radius 1 is 1.00 bits per heavy atom. The molecule has 4 nitrogen and oxygen atoms in total. The van der Waals surface area contributed by atoms with Crippen LogP contribution < -0.4 is 11.4 Å². The first-order chi connectivity index (χ1) is 9.65. The fourth-order valence-corrected chi connectivity index (χ4v) is 2.08. The molecule has 0 saturated carbocycles. The van der Waals surface area contributed by atoms with Gasteiger partial charge >= 0.3 is 5.63 Å². The van der Waals surface area contributed by atoms with Gasteiger partial charge in [0.25, 0.3) is 0 Å². The third-order valence-electron chi connectivity index (χ3n) is 3.12. The Kier molecular flexibility index (Phi) is 2.84. The molecule has 2 aromatic carbocycles. The zero-order valence-electron chi connectivity index (χ0n) is 10.5. The first kappa shape index (κ1) is 12.2. The number of para-hydroxylation sites is 1. The number of fused-ring (bicyclic) bond motifs is 1.